The first-order chi connectivity index (χ1) is 22.0. The van der Waals surface area contributed by atoms with E-state index in [2.05, 4.69) is 19.9 Å². The molecule has 8 nitrogen and oxygen atoms in total. The highest BCUT2D eigenvalue weighted by Crippen LogP contribution is 2.51. The van der Waals surface area contributed by atoms with Crippen LogP contribution in [0.5, 0.6) is 0 Å². The highest BCUT2D eigenvalue weighted by Gasteiger charge is 2.55. The van der Waals surface area contributed by atoms with E-state index >= 15 is 0 Å². The molecule has 3 fully saturated rings. The number of rotatable bonds is 10. The van der Waals surface area contributed by atoms with E-state index in [0.717, 1.165) is 92.7 Å². The number of aliphatic hydroxyl groups is 1. The number of allylic oxidation sites excluding steroid dienone is 1. The molecule has 1 saturated heterocycles. The lowest BCUT2D eigenvalue weighted by molar-refractivity contribution is -0.191. The van der Waals surface area contributed by atoms with Crippen LogP contribution in [0.15, 0.2) is 65.6 Å². The summed E-state index contributed by atoms with van der Waals surface area (Å²) in [4.78, 5) is 29.9. The minimum absolute atomic E-state index is 0.176. The summed E-state index contributed by atoms with van der Waals surface area (Å²) in [6, 6.07) is 17.5. The lowest BCUT2D eigenvalue weighted by Gasteiger charge is -2.58. The van der Waals surface area contributed by atoms with Gasteiger partial charge in [-0.15, -0.1) is 27.8 Å². The molecular formula is C35H36N4O4S2. The molecule has 4 aromatic rings. The Balaban J connectivity index is 0.853. The lowest BCUT2D eigenvalue weighted by atomic mass is 9.61. The summed E-state index contributed by atoms with van der Waals surface area (Å²) in [5, 5.41) is 22.7. The third-order valence-corrected chi connectivity index (χ3v) is 12.5. The monoisotopic (exact) mass is 640 g/mol. The number of hydrogen-bond donors (Lipinski definition) is 1. The molecule has 3 aliphatic carbocycles. The van der Waals surface area contributed by atoms with E-state index in [-0.39, 0.29) is 11.5 Å². The maximum atomic E-state index is 13.7. The topological polar surface area (TPSA) is 97.5 Å². The van der Waals surface area contributed by atoms with E-state index in [9.17, 15) is 14.7 Å². The number of likely N-dealkylation sites (tertiary alicyclic amines) is 1. The third kappa shape index (κ3) is 5.02. The van der Waals surface area contributed by atoms with Crippen molar-refractivity contribution in [1.82, 2.24) is 19.9 Å². The number of aryl methyl sites for hydroxylation is 1. The van der Waals surface area contributed by atoms with Crippen LogP contribution in [-0.4, -0.2) is 63.0 Å². The zero-order chi connectivity index (χ0) is 30.6. The SMILES string of the molecule is O=CC1=Cc2nnn(CCCN3CC4(CC(OC(=O)[C@](O)(c5cccs5)c5ccc(-c6ccccc6)s5)C4)C3)c2C2CCCC12. The lowest BCUT2D eigenvalue weighted by Crippen LogP contribution is -2.64. The Morgan fingerprint density at radius 2 is 1.87 bits per heavy atom. The second-order valence-corrected chi connectivity index (χ2v) is 15.2. The average Bonchev–Trinajstić information content (AvgIpc) is 3.84. The van der Waals surface area contributed by atoms with Crippen LogP contribution < -0.4 is 0 Å². The van der Waals surface area contributed by atoms with E-state index in [0.29, 0.717) is 21.6 Å². The first-order valence-corrected chi connectivity index (χ1v) is 17.6. The van der Waals surface area contributed by atoms with E-state index in [1.165, 1.54) is 28.4 Å². The maximum absolute atomic E-state index is 13.7. The Hall–Kier alpha value is -3.44. The van der Waals surface area contributed by atoms with Crippen molar-refractivity contribution in [1.29, 1.82) is 0 Å². The van der Waals surface area contributed by atoms with Gasteiger partial charge >= 0.3 is 5.97 Å². The summed E-state index contributed by atoms with van der Waals surface area (Å²) in [5.74, 6) is 0.102. The van der Waals surface area contributed by atoms with Gasteiger partial charge in [-0.2, -0.15) is 0 Å². The summed E-state index contributed by atoms with van der Waals surface area (Å²) in [5.41, 5.74) is 2.42. The van der Waals surface area contributed by atoms with Gasteiger partial charge in [-0.3, -0.25) is 4.79 Å². The molecule has 8 rings (SSSR count). The van der Waals surface area contributed by atoms with Crippen LogP contribution in [-0.2, 0) is 26.5 Å². The maximum Gasteiger partial charge on any atom is 0.349 e. The van der Waals surface area contributed by atoms with Crippen LogP contribution in [0.3, 0.4) is 0 Å². The molecule has 1 aromatic carbocycles. The molecule has 0 radical (unpaired) electrons. The molecule has 10 heteroatoms. The first kappa shape index (κ1) is 29.0. The van der Waals surface area contributed by atoms with E-state index in [1.807, 2.05) is 60.0 Å². The summed E-state index contributed by atoms with van der Waals surface area (Å²) < 4.78 is 8.08. The Labute approximate surface area is 270 Å². The van der Waals surface area contributed by atoms with Crippen molar-refractivity contribution in [2.24, 2.45) is 11.3 Å². The quantitative estimate of drug-likeness (QED) is 0.171. The van der Waals surface area contributed by atoms with Gasteiger partial charge in [0.2, 0.25) is 5.60 Å². The van der Waals surface area contributed by atoms with Gasteiger partial charge in [0.05, 0.1) is 15.4 Å². The normalized spacial score (nSPS) is 23.4. The standard InChI is InChI=1S/C35H36N4O4S2/c40-20-24-17-28-32(27-10-4-9-26(24)27)39(37-36-28)15-6-14-38-21-34(22-38)18-25(19-34)43-33(41)35(42,30-11-5-16-44-30)31-13-12-29(45-31)23-7-2-1-3-8-23/h1-3,5,7-8,11-13,16-17,20,25-27,42H,4,6,9-10,14-15,18-19,21-22H2/t26?,27?,35-/m0/s1. The van der Waals surface area contributed by atoms with Crippen molar-refractivity contribution in [3.05, 3.63) is 86.7 Å². The first-order valence-electron chi connectivity index (χ1n) is 15.9. The Bertz CT molecular complexity index is 1730. The molecular weight excluding hydrogens is 605 g/mol. The van der Waals surface area contributed by atoms with Crippen molar-refractivity contribution in [2.75, 3.05) is 19.6 Å². The average molecular weight is 641 g/mol. The second kappa shape index (κ2) is 11.4. The molecule has 1 spiro atoms. The number of carbonyl (C=O) groups excluding carboxylic acids is 2. The number of esters is 1. The van der Waals surface area contributed by atoms with Crippen LogP contribution in [0.1, 0.15) is 65.6 Å². The number of aldehydes is 1. The number of hydrogen-bond acceptors (Lipinski definition) is 9. The van der Waals surface area contributed by atoms with E-state index in [1.54, 1.807) is 6.07 Å². The van der Waals surface area contributed by atoms with Crippen LogP contribution in [0.2, 0.25) is 0 Å². The fourth-order valence-electron chi connectivity index (χ4n) is 8.14. The Morgan fingerprint density at radius 1 is 1.04 bits per heavy atom. The predicted octanol–water partition coefficient (Wildman–Crippen LogP) is 5.88. The molecule has 1 aliphatic heterocycles. The highest BCUT2D eigenvalue weighted by atomic mass is 32.1. The van der Waals surface area contributed by atoms with Gasteiger partial charge in [0.1, 0.15) is 18.1 Å². The molecule has 4 aliphatic rings. The summed E-state index contributed by atoms with van der Waals surface area (Å²) in [6.07, 6.45) is 8.75. The van der Waals surface area contributed by atoms with Crippen molar-refractivity contribution < 1.29 is 19.4 Å². The van der Waals surface area contributed by atoms with Gasteiger partial charge in [-0.1, -0.05) is 48.0 Å². The number of fused-ring (bicyclic) bond motifs is 3. The molecule has 4 heterocycles. The van der Waals surface area contributed by atoms with E-state index < -0.39 is 11.6 Å². The molecule has 2 saturated carbocycles. The zero-order valence-electron chi connectivity index (χ0n) is 25.0. The molecule has 0 amide bonds. The molecule has 0 bridgehead atoms. The van der Waals surface area contributed by atoms with Gasteiger partial charge in [0, 0.05) is 35.8 Å². The third-order valence-electron chi connectivity index (χ3n) is 10.3. The number of benzene rings is 1. The minimum atomic E-state index is -1.82. The molecule has 3 aromatic heterocycles. The fourth-order valence-corrected chi connectivity index (χ4v) is 10.1. The second-order valence-electron chi connectivity index (χ2n) is 13.2. The van der Waals surface area contributed by atoms with Gasteiger partial charge in [0.25, 0.3) is 0 Å². The zero-order valence-corrected chi connectivity index (χ0v) is 26.6. The highest BCUT2D eigenvalue weighted by molar-refractivity contribution is 7.16. The number of nitrogens with zero attached hydrogens (tertiary/aromatic N) is 4. The number of thiophene rings is 2. The minimum Gasteiger partial charge on any atom is -0.460 e. The van der Waals surface area contributed by atoms with Gasteiger partial charge < -0.3 is 14.7 Å². The molecule has 1 N–H and O–H groups in total. The van der Waals surface area contributed by atoms with Crippen molar-refractivity contribution in [3.8, 4) is 10.4 Å². The van der Waals surface area contributed by atoms with Gasteiger partial charge in [0.15, 0.2) is 0 Å². The van der Waals surface area contributed by atoms with Crippen LogP contribution in [0.4, 0.5) is 0 Å². The summed E-state index contributed by atoms with van der Waals surface area (Å²) in [7, 11) is 0. The largest absolute Gasteiger partial charge is 0.460 e. The van der Waals surface area contributed by atoms with Crippen molar-refractivity contribution in [3.63, 3.8) is 0 Å². The Kier molecular flexibility index (Phi) is 7.36. The smallest absolute Gasteiger partial charge is 0.349 e. The van der Waals surface area contributed by atoms with Gasteiger partial charge in [-0.05, 0) is 85.4 Å². The number of aromatic nitrogens is 3. The summed E-state index contributed by atoms with van der Waals surface area (Å²) in [6.45, 7) is 3.83. The summed E-state index contributed by atoms with van der Waals surface area (Å²) >= 11 is 2.80. The van der Waals surface area contributed by atoms with Crippen LogP contribution >= 0.6 is 22.7 Å². The number of ether oxygens (including phenoxy) is 1. The molecule has 45 heavy (non-hydrogen) atoms. The van der Waals surface area contributed by atoms with Crippen LogP contribution in [0.25, 0.3) is 16.5 Å². The number of carbonyl (C=O) groups is 2. The Morgan fingerprint density at radius 3 is 2.64 bits per heavy atom. The van der Waals surface area contributed by atoms with Crippen LogP contribution in [0, 0.1) is 11.3 Å². The van der Waals surface area contributed by atoms with Crippen molar-refractivity contribution >= 4 is 41.0 Å². The molecule has 232 valence electrons. The molecule has 3 atom stereocenters. The van der Waals surface area contributed by atoms with E-state index in [4.69, 9.17) is 4.74 Å². The predicted molar refractivity (Wildman–Crippen MR) is 174 cm³/mol. The van der Waals surface area contributed by atoms with Crippen molar-refractivity contribution in [2.45, 2.75) is 62.7 Å². The molecule has 2 unspecified atom stereocenters. The van der Waals surface area contributed by atoms with Gasteiger partial charge in [-0.25, -0.2) is 9.48 Å². The fraction of sp³-hybridized carbons (Fsp3) is 0.429.